The molecule has 3 aromatic heterocycles. The van der Waals surface area contributed by atoms with Crippen LogP contribution in [0.1, 0.15) is 5.69 Å². The van der Waals surface area contributed by atoms with Crippen molar-refractivity contribution in [3.63, 3.8) is 0 Å². The summed E-state index contributed by atoms with van der Waals surface area (Å²) in [5.41, 5.74) is -0.235. The van der Waals surface area contributed by atoms with Crippen molar-refractivity contribution >= 4 is 56.6 Å². The molecule has 0 fully saturated rings. The van der Waals surface area contributed by atoms with E-state index in [0.717, 1.165) is 6.07 Å². The third-order valence-electron chi connectivity index (χ3n) is 3.97. The molecule has 0 spiro atoms. The van der Waals surface area contributed by atoms with Gasteiger partial charge < -0.3 is 4.98 Å². The van der Waals surface area contributed by atoms with Gasteiger partial charge in [0.05, 0.1) is 27.3 Å². The van der Waals surface area contributed by atoms with Gasteiger partial charge in [-0.25, -0.2) is 8.91 Å². The predicted octanol–water partition coefficient (Wildman–Crippen LogP) is 6.35. The number of aromatic amines is 1. The summed E-state index contributed by atoms with van der Waals surface area (Å²) in [6.07, 6.45) is -3.45. The third kappa shape index (κ3) is 2.60. The van der Waals surface area contributed by atoms with Crippen molar-refractivity contribution in [1.29, 1.82) is 0 Å². The third-order valence-corrected chi connectivity index (χ3v) is 5.14. The number of hydrogen-bond donors (Lipinski definition) is 2. The van der Waals surface area contributed by atoms with E-state index in [1.807, 2.05) is 0 Å². The summed E-state index contributed by atoms with van der Waals surface area (Å²) in [5, 5.41) is 4.41. The molecule has 3 heterocycles. The second kappa shape index (κ2) is 5.90. The highest BCUT2D eigenvalue weighted by atomic mass is 79.9. The van der Waals surface area contributed by atoms with Crippen LogP contribution in [0.2, 0.25) is 5.02 Å². The summed E-state index contributed by atoms with van der Waals surface area (Å²) in [6, 6.07) is 4.92. The molecule has 0 bridgehead atoms. The Kier molecular flexibility index (Phi) is 4.01. The average molecular weight is 465 g/mol. The van der Waals surface area contributed by atoms with E-state index in [1.165, 1.54) is 18.3 Å². The number of halogens is 6. The molecule has 10 heteroatoms. The van der Waals surface area contributed by atoms with Crippen molar-refractivity contribution in [3.05, 3.63) is 51.5 Å². The van der Waals surface area contributed by atoms with Gasteiger partial charge in [-0.2, -0.15) is 18.3 Å². The Morgan fingerprint density at radius 2 is 1.92 bits per heavy atom. The summed E-state index contributed by atoms with van der Waals surface area (Å²) in [4.78, 5) is 2.97. The fraction of sp³-hybridized carbons (Fsp3) is 0.0625. The minimum absolute atomic E-state index is 0.0502. The van der Waals surface area contributed by atoms with Gasteiger partial charge in [0.25, 0.3) is 0 Å². The number of rotatable bonds is 1. The minimum atomic E-state index is -4.66. The second-order valence-corrected chi connectivity index (χ2v) is 7.28. The highest BCUT2D eigenvalue weighted by Gasteiger charge is 2.36. The summed E-state index contributed by atoms with van der Waals surface area (Å²) in [6.45, 7) is 0. The van der Waals surface area contributed by atoms with Crippen LogP contribution in [0, 0.1) is 5.82 Å². The Morgan fingerprint density at radius 1 is 1.19 bits per heavy atom. The summed E-state index contributed by atoms with van der Waals surface area (Å²) in [5.74, 6) is -0.638. The van der Waals surface area contributed by atoms with Gasteiger partial charge in [-0.3, -0.25) is 0 Å². The molecule has 0 radical (unpaired) electrons. The lowest BCUT2D eigenvalue weighted by molar-refractivity contribution is -0.142. The van der Waals surface area contributed by atoms with E-state index >= 15 is 0 Å². The van der Waals surface area contributed by atoms with Gasteiger partial charge in [0.15, 0.2) is 0 Å². The van der Waals surface area contributed by atoms with Crippen LogP contribution in [0.15, 0.2) is 40.0 Å². The van der Waals surface area contributed by atoms with Crippen LogP contribution >= 0.6 is 40.2 Å². The lowest BCUT2D eigenvalue weighted by Crippen LogP contribution is -2.13. The number of aromatic nitrogens is 3. The zero-order chi connectivity index (χ0) is 18.8. The molecule has 0 aliphatic rings. The standard InChI is InChI=1S/C16H7BrClF4N3S/c17-7-4-9(19)13(6-3-12(26)24-15(6)7)14-8(18)5-11(16(20,21)22)25-10(14)1-2-23-25/h1-5,24,26H. The highest BCUT2D eigenvalue weighted by molar-refractivity contribution is 9.10. The molecule has 0 aliphatic carbocycles. The Labute approximate surface area is 162 Å². The van der Waals surface area contributed by atoms with Gasteiger partial charge in [-0.05, 0) is 40.2 Å². The van der Waals surface area contributed by atoms with Crippen molar-refractivity contribution < 1.29 is 17.6 Å². The van der Waals surface area contributed by atoms with Gasteiger partial charge in [-0.15, -0.1) is 12.6 Å². The minimum Gasteiger partial charge on any atom is -0.349 e. The summed E-state index contributed by atoms with van der Waals surface area (Å²) >= 11 is 13.7. The smallest absolute Gasteiger partial charge is 0.349 e. The molecule has 4 rings (SSSR count). The van der Waals surface area contributed by atoms with Crippen molar-refractivity contribution in [2.45, 2.75) is 11.2 Å². The molecule has 0 amide bonds. The Hall–Kier alpha value is -1.71. The topological polar surface area (TPSA) is 33.1 Å². The van der Waals surface area contributed by atoms with E-state index in [1.54, 1.807) is 6.07 Å². The van der Waals surface area contributed by atoms with Crippen LogP contribution < -0.4 is 0 Å². The number of H-pyrrole nitrogens is 1. The van der Waals surface area contributed by atoms with Gasteiger partial charge in [0, 0.05) is 21.0 Å². The summed E-state index contributed by atoms with van der Waals surface area (Å²) < 4.78 is 55.9. The fourth-order valence-corrected chi connectivity index (χ4v) is 4.02. The molecule has 26 heavy (non-hydrogen) atoms. The zero-order valence-corrected chi connectivity index (χ0v) is 15.7. The molecule has 4 aromatic rings. The van der Waals surface area contributed by atoms with E-state index in [0.29, 0.717) is 24.9 Å². The maximum absolute atomic E-state index is 14.8. The molecule has 0 unspecified atom stereocenters. The molecular weight excluding hydrogens is 458 g/mol. The Balaban J connectivity index is 2.17. The number of pyridine rings is 1. The normalized spacial score (nSPS) is 12.4. The first-order valence-corrected chi connectivity index (χ1v) is 8.74. The quantitative estimate of drug-likeness (QED) is 0.250. The second-order valence-electron chi connectivity index (χ2n) is 5.54. The highest BCUT2D eigenvalue weighted by Crippen LogP contribution is 2.43. The van der Waals surface area contributed by atoms with Crippen molar-refractivity contribution in [3.8, 4) is 11.1 Å². The molecular formula is C16H7BrClF4N3S. The zero-order valence-electron chi connectivity index (χ0n) is 12.5. The number of benzene rings is 1. The number of alkyl halides is 3. The van der Waals surface area contributed by atoms with Crippen LogP contribution in [-0.4, -0.2) is 14.6 Å². The molecule has 0 atom stereocenters. The number of nitrogens with zero attached hydrogens (tertiary/aromatic N) is 2. The van der Waals surface area contributed by atoms with Gasteiger partial charge in [0.1, 0.15) is 11.5 Å². The Bertz CT molecular complexity index is 1180. The van der Waals surface area contributed by atoms with Crippen molar-refractivity contribution in [2.75, 3.05) is 0 Å². The largest absolute Gasteiger partial charge is 0.433 e. The first-order chi connectivity index (χ1) is 12.2. The summed E-state index contributed by atoms with van der Waals surface area (Å²) in [7, 11) is 0. The fourth-order valence-electron chi connectivity index (χ4n) is 2.97. The number of hydrogen-bond acceptors (Lipinski definition) is 2. The number of thiol groups is 1. The molecule has 0 aliphatic heterocycles. The molecule has 0 saturated heterocycles. The van der Waals surface area contributed by atoms with E-state index in [9.17, 15) is 17.6 Å². The molecule has 3 nitrogen and oxygen atoms in total. The molecule has 1 N–H and O–H groups in total. The van der Waals surface area contributed by atoms with Crippen molar-refractivity contribution in [2.24, 2.45) is 0 Å². The molecule has 0 saturated carbocycles. The van der Waals surface area contributed by atoms with Crippen LogP contribution in [0.5, 0.6) is 0 Å². The van der Waals surface area contributed by atoms with Crippen LogP contribution in [-0.2, 0) is 6.18 Å². The first kappa shape index (κ1) is 17.7. The number of nitrogens with one attached hydrogen (secondary N) is 1. The van der Waals surface area contributed by atoms with Crippen molar-refractivity contribution in [1.82, 2.24) is 14.6 Å². The first-order valence-electron chi connectivity index (χ1n) is 7.12. The van der Waals surface area contributed by atoms with Crippen LogP contribution in [0.4, 0.5) is 17.6 Å². The Morgan fingerprint density at radius 3 is 2.62 bits per heavy atom. The van der Waals surface area contributed by atoms with E-state index in [2.05, 4.69) is 38.6 Å². The van der Waals surface area contributed by atoms with E-state index in [-0.39, 0.29) is 21.7 Å². The monoisotopic (exact) mass is 463 g/mol. The van der Waals surface area contributed by atoms with Crippen LogP contribution in [0.25, 0.3) is 27.5 Å². The lowest BCUT2D eigenvalue weighted by atomic mass is 10.00. The van der Waals surface area contributed by atoms with Gasteiger partial charge in [0.2, 0.25) is 0 Å². The van der Waals surface area contributed by atoms with E-state index in [4.69, 9.17) is 11.6 Å². The van der Waals surface area contributed by atoms with Gasteiger partial charge >= 0.3 is 6.18 Å². The SMILES string of the molecule is Fc1cc(Br)c2[nH]c(S)cc2c1-c1c(Cl)cc(C(F)(F)F)n2nccc12. The van der Waals surface area contributed by atoms with Crippen LogP contribution in [0.3, 0.4) is 0 Å². The maximum Gasteiger partial charge on any atom is 0.433 e. The molecule has 1 aromatic carbocycles. The van der Waals surface area contributed by atoms with E-state index < -0.39 is 17.7 Å². The lowest BCUT2D eigenvalue weighted by Gasteiger charge is -2.15. The average Bonchev–Trinajstić information content (AvgIpc) is 3.14. The number of fused-ring (bicyclic) bond motifs is 2. The predicted molar refractivity (Wildman–Crippen MR) is 97.4 cm³/mol. The molecule has 134 valence electrons. The maximum atomic E-state index is 14.8. The van der Waals surface area contributed by atoms with Gasteiger partial charge in [-0.1, -0.05) is 11.6 Å².